The van der Waals surface area contributed by atoms with Gasteiger partial charge in [0.15, 0.2) is 0 Å². The lowest BCUT2D eigenvalue weighted by Gasteiger charge is -2.11. The molecule has 0 aliphatic rings. The molecule has 0 bridgehead atoms. The molecule has 0 spiro atoms. The number of benzene rings is 3. The molecule has 4 aromatic rings. The molecule has 0 saturated carbocycles. The zero-order valence-electron chi connectivity index (χ0n) is 16.1. The van der Waals surface area contributed by atoms with E-state index >= 15 is 0 Å². The van der Waals surface area contributed by atoms with Gasteiger partial charge in [-0.05, 0) is 48.0 Å². The van der Waals surface area contributed by atoms with Crippen LogP contribution in [0.15, 0.2) is 104 Å². The van der Waals surface area contributed by atoms with Crippen molar-refractivity contribution in [2.45, 2.75) is 0 Å². The molecule has 4 rings (SSSR count). The summed E-state index contributed by atoms with van der Waals surface area (Å²) in [4.78, 5) is 9.51. The average molecular weight is 396 g/mol. The summed E-state index contributed by atoms with van der Waals surface area (Å²) >= 11 is 0. The molecule has 1 N–H and O–H groups in total. The van der Waals surface area contributed by atoms with Crippen LogP contribution in [0.4, 0.5) is 0 Å². The van der Waals surface area contributed by atoms with Crippen LogP contribution in [0.25, 0.3) is 18.0 Å². The predicted molar refractivity (Wildman–Crippen MR) is 117 cm³/mol. The summed E-state index contributed by atoms with van der Waals surface area (Å²) < 4.78 is 7.45. The first-order chi connectivity index (χ1) is 14.9. The Balaban J connectivity index is 1.47. The number of para-hydroxylation sites is 1. The summed E-state index contributed by atoms with van der Waals surface area (Å²) in [5.41, 5.74) is 5.62. The fourth-order valence-electron chi connectivity index (χ4n) is 2.68. The van der Waals surface area contributed by atoms with E-state index in [1.54, 1.807) is 23.5 Å². The molecule has 30 heavy (non-hydrogen) atoms. The lowest BCUT2D eigenvalue weighted by atomic mass is 10.1. The lowest BCUT2D eigenvalue weighted by Crippen LogP contribution is -2.10. The van der Waals surface area contributed by atoms with E-state index in [0.717, 1.165) is 22.6 Å². The number of hydrogen-bond acceptors (Lipinski definition) is 5. The van der Waals surface area contributed by atoms with Crippen LogP contribution in [-0.4, -0.2) is 14.8 Å². The highest BCUT2D eigenvalue weighted by molar-refractivity contribution is 5.73. The number of nitrogens with one attached hydrogen (secondary N) is 1. The molecule has 0 amide bonds. The van der Waals surface area contributed by atoms with Crippen molar-refractivity contribution in [3.05, 3.63) is 115 Å². The molecular formula is C24H20N4O2. The van der Waals surface area contributed by atoms with Crippen LogP contribution < -0.4 is 10.2 Å². The van der Waals surface area contributed by atoms with Crippen molar-refractivity contribution in [2.24, 2.45) is 0 Å². The smallest absolute Gasteiger partial charge is 0.138 e. The Hall–Kier alpha value is -4.32. The SMILES string of the molecule is C(=Cc1ccccc1)ONC(=Cn1cncn1)c1ccc(Oc2ccccc2)cc1. The maximum Gasteiger partial charge on any atom is 0.138 e. The van der Waals surface area contributed by atoms with Gasteiger partial charge in [0.2, 0.25) is 0 Å². The van der Waals surface area contributed by atoms with E-state index in [0.29, 0.717) is 5.70 Å². The third-order valence-electron chi connectivity index (χ3n) is 4.14. The van der Waals surface area contributed by atoms with Crippen molar-refractivity contribution in [3.63, 3.8) is 0 Å². The second-order valence-electron chi connectivity index (χ2n) is 6.29. The zero-order valence-corrected chi connectivity index (χ0v) is 16.1. The summed E-state index contributed by atoms with van der Waals surface area (Å²) in [7, 11) is 0. The van der Waals surface area contributed by atoms with Gasteiger partial charge >= 0.3 is 0 Å². The Morgan fingerprint density at radius 3 is 2.23 bits per heavy atom. The third kappa shape index (κ3) is 5.36. The molecule has 3 aromatic carbocycles. The molecule has 148 valence electrons. The van der Waals surface area contributed by atoms with Crippen LogP contribution in [-0.2, 0) is 4.84 Å². The van der Waals surface area contributed by atoms with Gasteiger partial charge in [0, 0.05) is 5.56 Å². The standard InChI is InChI=1S/C24H20N4O2/c1-3-7-20(8-4-1)15-16-29-27-24(17-28-19-25-18-26-28)21-11-13-23(14-12-21)30-22-9-5-2-6-10-22/h1-19,27H. The highest BCUT2D eigenvalue weighted by Gasteiger charge is 2.04. The number of hydroxylamine groups is 1. The Kier molecular flexibility index (Phi) is 6.18. The van der Waals surface area contributed by atoms with Crippen molar-refractivity contribution in [1.29, 1.82) is 0 Å². The number of hydrogen-bond donors (Lipinski definition) is 1. The summed E-state index contributed by atoms with van der Waals surface area (Å²) in [6.07, 6.45) is 8.33. The molecule has 1 aromatic heterocycles. The van der Waals surface area contributed by atoms with Crippen molar-refractivity contribution in [2.75, 3.05) is 0 Å². The van der Waals surface area contributed by atoms with Crippen LogP contribution in [0, 0.1) is 0 Å². The molecule has 0 unspecified atom stereocenters. The summed E-state index contributed by atoms with van der Waals surface area (Å²) in [5, 5.41) is 4.12. The first kappa shape index (κ1) is 19.0. The van der Waals surface area contributed by atoms with Gasteiger partial charge in [-0.15, -0.1) is 0 Å². The van der Waals surface area contributed by atoms with E-state index in [4.69, 9.17) is 9.57 Å². The van der Waals surface area contributed by atoms with Gasteiger partial charge in [0.1, 0.15) is 30.4 Å². The minimum Gasteiger partial charge on any atom is -0.457 e. The van der Waals surface area contributed by atoms with Crippen LogP contribution in [0.5, 0.6) is 11.5 Å². The maximum absolute atomic E-state index is 5.86. The van der Waals surface area contributed by atoms with E-state index in [9.17, 15) is 0 Å². The van der Waals surface area contributed by atoms with Crippen LogP contribution in [0.3, 0.4) is 0 Å². The van der Waals surface area contributed by atoms with E-state index in [-0.39, 0.29) is 0 Å². The normalized spacial score (nSPS) is 11.4. The van der Waals surface area contributed by atoms with E-state index in [1.807, 2.05) is 91.0 Å². The van der Waals surface area contributed by atoms with Gasteiger partial charge < -0.3 is 9.57 Å². The molecule has 1 heterocycles. The molecule has 0 aliphatic heterocycles. The minimum absolute atomic E-state index is 0.712. The van der Waals surface area contributed by atoms with Gasteiger partial charge in [0.25, 0.3) is 0 Å². The van der Waals surface area contributed by atoms with Gasteiger partial charge in [-0.1, -0.05) is 48.5 Å². The van der Waals surface area contributed by atoms with Crippen molar-refractivity contribution < 1.29 is 9.57 Å². The van der Waals surface area contributed by atoms with Gasteiger partial charge in [0.05, 0.1) is 11.9 Å². The van der Waals surface area contributed by atoms with Gasteiger partial charge in [-0.3, -0.25) is 0 Å². The van der Waals surface area contributed by atoms with Crippen molar-refractivity contribution in [3.8, 4) is 11.5 Å². The lowest BCUT2D eigenvalue weighted by molar-refractivity contribution is 0.187. The molecule has 6 heteroatoms. The number of rotatable bonds is 8. The van der Waals surface area contributed by atoms with Crippen LogP contribution >= 0.6 is 0 Å². The Morgan fingerprint density at radius 2 is 1.53 bits per heavy atom. The van der Waals surface area contributed by atoms with Crippen molar-refractivity contribution >= 4 is 18.0 Å². The van der Waals surface area contributed by atoms with E-state index in [1.165, 1.54) is 6.33 Å². The molecule has 0 radical (unpaired) electrons. The number of ether oxygens (including phenoxy) is 1. The second kappa shape index (κ2) is 9.75. The minimum atomic E-state index is 0.712. The molecule has 6 nitrogen and oxygen atoms in total. The molecule has 0 aliphatic carbocycles. The van der Waals surface area contributed by atoms with Gasteiger partial charge in [-0.25, -0.2) is 15.1 Å². The highest BCUT2D eigenvalue weighted by atomic mass is 16.6. The Labute approximate surface area is 174 Å². The summed E-state index contributed by atoms with van der Waals surface area (Å²) in [6, 6.07) is 27.3. The number of aromatic nitrogens is 3. The summed E-state index contributed by atoms with van der Waals surface area (Å²) in [6.45, 7) is 0. The van der Waals surface area contributed by atoms with Crippen molar-refractivity contribution in [1.82, 2.24) is 20.2 Å². The number of nitrogens with zero attached hydrogens (tertiary/aromatic N) is 3. The average Bonchev–Trinajstić information content (AvgIpc) is 3.31. The first-order valence-electron chi connectivity index (χ1n) is 9.39. The molecular weight excluding hydrogens is 376 g/mol. The van der Waals surface area contributed by atoms with E-state index < -0.39 is 0 Å². The molecule has 0 saturated heterocycles. The van der Waals surface area contributed by atoms with E-state index in [2.05, 4.69) is 15.6 Å². The zero-order chi connectivity index (χ0) is 20.4. The summed E-state index contributed by atoms with van der Waals surface area (Å²) in [5.74, 6) is 1.53. The largest absolute Gasteiger partial charge is 0.457 e. The van der Waals surface area contributed by atoms with Crippen LogP contribution in [0.1, 0.15) is 11.1 Å². The fourth-order valence-corrected chi connectivity index (χ4v) is 2.68. The highest BCUT2D eigenvalue weighted by Crippen LogP contribution is 2.23. The monoisotopic (exact) mass is 396 g/mol. The Bertz CT molecular complexity index is 1090. The molecule has 0 atom stereocenters. The Morgan fingerprint density at radius 1 is 0.833 bits per heavy atom. The van der Waals surface area contributed by atoms with Crippen LogP contribution in [0.2, 0.25) is 0 Å². The second-order valence-corrected chi connectivity index (χ2v) is 6.29. The fraction of sp³-hybridized carbons (Fsp3) is 0. The topological polar surface area (TPSA) is 61.2 Å². The van der Waals surface area contributed by atoms with Gasteiger partial charge in [-0.2, -0.15) is 5.10 Å². The first-order valence-corrected chi connectivity index (χ1v) is 9.39. The quantitative estimate of drug-likeness (QED) is 0.327. The third-order valence-corrected chi connectivity index (χ3v) is 4.14. The molecule has 0 fully saturated rings. The predicted octanol–water partition coefficient (Wildman–Crippen LogP) is 5.22. The maximum atomic E-state index is 5.86.